The molecule has 0 spiro atoms. The summed E-state index contributed by atoms with van der Waals surface area (Å²) in [6.45, 7) is 0. The molecule has 0 aliphatic heterocycles. The first-order chi connectivity index (χ1) is 27.2. The summed E-state index contributed by atoms with van der Waals surface area (Å²) in [5.41, 5.74) is 7.64. The number of thiophene rings is 1. The summed E-state index contributed by atoms with van der Waals surface area (Å²) in [6, 6.07) is 61.8. The van der Waals surface area contributed by atoms with Crippen molar-refractivity contribution in [2.45, 2.75) is 0 Å². The molecule has 0 unspecified atom stereocenters. The predicted octanol–water partition coefficient (Wildman–Crippen LogP) is 12.1. The Kier molecular flexibility index (Phi) is 8.24. The number of benzene rings is 7. The van der Waals surface area contributed by atoms with Gasteiger partial charge in [-0.3, -0.25) is 0 Å². The Balaban J connectivity index is 1.17. The van der Waals surface area contributed by atoms with Crippen molar-refractivity contribution in [2.24, 2.45) is 0 Å². The Morgan fingerprint density at radius 2 is 0.673 bits per heavy atom. The van der Waals surface area contributed by atoms with Crippen LogP contribution in [0.5, 0.6) is 0 Å². The molecule has 0 fully saturated rings. The molecule has 7 heteroatoms. The zero-order chi connectivity index (χ0) is 36.6. The molecule has 0 saturated carbocycles. The molecule has 3 aromatic heterocycles. The highest BCUT2D eigenvalue weighted by molar-refractivity contribution is 7.26. The number of hydrogen-bond acceptors (Lipinski definition) is 7. The van der Waals surface area contributed by atoms with E-state index in [0.29, 0.717) is 34.9 Å². The summed E-state index contributed by atoms with van der Waals surface area (Å²) in [4.78, 5) is 30.2. The lowest BCUT2D eigenvalue weighted by molar-refractivity contribution is 1.07. The SMILES string of the molecule is c1ccc(-c2nc(-c3ccccc3)nc(-c3cccc(-c4cc(-c5nc(-c6ccccc6)nc(-c6ccccc6)n5)c5c(c4)sc4ccccc45)c3)n2)cc1. The van der Waals surface area contributed by atoms with Crippen molar-refractivity contribution < 1.29 is 0 Å². The fourth-order valence-electron chi connectivity index (χ4n) is 6.90. The molecule has 0 radical (unpaired) electrons. The summed E-state index contributed by atoms with van der Waals surface area (Å²) in [5.74, 6) is 3.74. The van der Waals surface area contributed by atoms with Gasteiger partial charge in [0, 0.05) is 53.6 Å². The first-order valence-electron chi connectivity index (χ1n) is 18.0. The molecule has 0 atom stereocenters. The van der Waals surface area contributed by atoms with Crippen LogP contribution in [-0.4, -0.2) is 29.9 Å². The average molecular weight is 723 g/mol. The minimum atomic E-state index is 0.607. The van der Waals surface area contributed by atoms with Crippen molar-refractivity contribution in [3.63, 3.8) is 0 Å². The molecule has 6 nitrogen and oxygen atoms in total. The van der Waals surface area contributed by atoms with Gasteiger partial charge in [-0.05, 0) is 35.4 Å². The van der Waals surface area contributed by atoms with Crippen molar-refractivity contribution in [3.05, 3.63) is 182 Å². The van der Waals surface area contributed by atoms with Gasteiger partial charge in [0.15, 0.2) is 34.9 Å². The predicted molar refractivity (Wildman–Crippen MR) is 224 cm³/mol. The van der Waals surface area contributed by atoms with Gasteiger partial charge in [0.2, 0.25) is 0 Å². The van der Waals surface area contributed by atoms with Crippen LogP contribution in [0.1, 0.15) is 0 Å². The quantitative estimate of drug-likeness (QED) is 0.163. The van der Waals surface area contributed by atoms with Gasteiger partial charge in [0.05, 0.1) is 0 Å². The van der Waals surface area contributed by atoms with Crippen LogP contribution in [0, 0.1) is 0 Å². The van der Waals surface area contributed by atoms with Crippen molar-refractivity contribution in [1.82, 2.24) is 29.9 Å². The second-order valence-corrected chi connectivity index (χ2v) is 14.2. The van der Waals surface area contributed by atoms with E-state index in [2.05, 4.69) is 60.7 Å². The Bertz CT molecular complexity index is 2850. The first-order valence-corrected chi connectivity index (χ1v) is 18.9. The van der Waals surface area contributed by atoms with Gasteiger partial charge in [0.1, 0.15) is 0 Å². The molecule has 0 N–H and O–H groups in total. The van der Waals surface area contributed by atoms with Crippen LogP contribution in [0.25, 0.3) is 99.6 Å². The molecule has 0 amide bonds. The number of rotatable bonds is 7. The zero-order valence-electron chi connectivity index (χ0n) is 29.4. The molecule has 0 saturated heterocycles. The molecule has 55 heavy (non-hydrogen) atoms. The second kappa shape index (κ2) is 14.0. The molecule has 7 aromatic carbocycles. The monoisotopic (exact) mass is 722 g/mol. The lowest BCUT2D eigenvalue weighted by Crippen LogP contribution is -2.01. The second-order valence-electron chi connectivity index (χ2n) is 13.2. The van der Waals surface area contributed by atoms with Crippen molar-refractivity contribution in [1.29, 1.82) is 0 Å². The van der Waals surface area contributed by atoms with Gasteiger partial charge in [-0.25, -0.2) is 29.9 Å². The Hall–Kier alpha value is -7.22. The summed E-state index contributed by atoms with van der Waals surface area (Å²) in [5, 5.41) is 2.30. The van der Waals surface area contributed by atoms with Gasteiger partial charge in [-0.1, -0.05) is 158 Å². The zero-order valence-corrected chi connectivity index (χ0v) is 30.2. The third kappa shape index (κ3) is 6.33. The molecule has 10 rings (SSSR count). The summed E-state index contributed by atoms with van der Waals surface area (Å²) in [7, 11) is 0. The molecular formula is C48H30N6S. The van der Waals surface area contributed by atoms with Gasteiger partial charge in [-0.2, -0.15) is 0 Å². The maximum atomic E-state index is 5.17. The maximum absolute atomic E-state index is 5.17. The molecule has 10 aromatic rings. The summed E-state index contributed by atoms with van der Waals surface area (Å²) in [6.07, 6.45) is 0. The highest BCUT2D eigenvalue weighted by atomic mass is 32.1. The van der Waals surface area contributed by atoms with E-state index in [-0.39, 0.29) is 0 Å². The molecule has 0 aliphatic carbocycles. The largest absolute Gasteiger partial charge is 0.208 e. The van der Waals surface area contributed by atoms with Crippen LogP contribution >= 0.6 is 11.3 Å². The van der Waals surface area contributed by atoms with E-state index in [0.717, 1.165) is 54.6 Å². The first kappa shape index (κ1) is 32.4. The van der Waals surface area contributed by atoms with Crippen LogP contribution in [0.15, 0.2) is 182 Å². The fourth-order valence-corrected chi connectivity index (χ4v) is 8.07. The van der Waals surface area contributed by atoms with Crippen LogP contribution in [0.3, 0.4) is 0 Å². The lowest BCUT2D eigenvalue weighted by Gasteiger charge is -2.12. The number of nitrogens with zero attached hydrogens (tertiary/aromatic N) is 6. The minimum Gasteiger partial charge on any atom is -0.208 e. The number of hydrogen-bond donors (Lipinski definition) is 0. The third-order valence-corrected chi connectivity index (χ3v) is 10.7. The van der Waals surface area contributed by atoms with E-state index >= 15 is 0 Å². The average Bonchev–Trinajstić information content (AvgIpc) is 3.66. The highest BCUT2D eigenvalue weighted by Crippen LogP contribution is 2.43. The summed E-state index contributed by atoms with van der Waals surface area (Å²) >= 11 is 1.78. The normalized spacial score (nSPS) is 11.3. The van der Waals surface area contributed by atoms with E-state index < -0.39 is 0 Å². The third-order valence-electron chi connectivity index (χ3n) is 9.57. The standard InChI is InChI=1S/C48H30N6S/c1-5-16-31(17-6-1)43-49-44(32-18-7-2-8-19-32)52-47(51-43)36-25-15-24-35(28-36)37-29-39(42-38-26-13-14-27-40(38)55-41(42)30-37)48-53-45(33-20-9-3-10-21-33)50-46(54-48)34-22-11-4-12-23-34/h1-30H. The van der Waals surface area contributed by atoms with Crippen molar-refractivity contribution >= 4 is 31.5 Å². The van der Waals surface area contributed by atoms with Gasteiger partial charge >= 0.3 is 0 Å². The highest BCUT2D eigenvalue weighted by Gasteiger charge is 2.20. The molecule has 3 heterocycles. The Morgan fingerprint density at radius 1 is 0.273 bits per heavy atom. The van der Waals surface area contributed by atoms with E-state index in [9.17, 15) is 0 Å². The van der Waals surface area contributed by atoms with Gasteiger partial charge in [0.25, 0.3) is 0 Å². The lowest BCUT2D eigenvalue weighted by atomic mass is 9.97. The topological polar surface area (TPSA) is 77.3 Å². The molecule has 0 aliphatic rings. The Labute approximate surface area is 321 Å². The van der Waals surface area contributed by atoms with Gasteiger partial charge < -0.3 is 0 Å². The fraction of sp³-hybridized carbons (Fsp3) is 0. The van der Waals surface area contributed by atoms with Crippen LogP contribution in [0.2, 0.25) is 0 Å². The van der Waals surface area contributed by atoms with Crippen molar-refractivity contribution in [3.8, 4) is 79.5 Å². The van der Waals surface area contributed by atoms with E-state index in [1.54, 1.807) is 11.3 Å². The summed E-state index contributed by atoms with van der Waals surface area (Å²) < 4.78 is 2.36. The van der Waals surface area contributed by atoms with E-state index in [4.69, 9.17) is 29.9 Å². The smallest absolute Gasteiger partial charge is 0.164 e. The number of fused-ring (bicyclic) bond motifs is 3. The molecule has 258 valence electrons. The minimum absolute atomic E-state index is 0.607. The van der Waals surface area contributed by atoms with Crippen LogP contribution in [0.4, 0.5) is 0 Å². The molecular weight excluding hydrogens is 693 g/mol. The van der Waals surface area contributed by atoms with E-state index in [1.807, 2.05) is 121 Å². The molecule has 0 bridgehead atoms. The number of aromatic nitrogens is 6. The van der Waals surface area contributed by atoms with Crippen LogP contribution in [-0.2, 0) is 0 Å². The maximum Gasteiger partial charge on any atom is 0.164 e. The Morgan fingerprint density at radius 3 is 1.18 bits per heavy atom. The van der Waals surface area contributed by atoms with Crippen LogP contribution < -0.4 is 0 Å². The van der Waals surface area contributed by atoms with Crippen molar-refractivity contribution in [2.75, 3.05) is 0 Å². The van der Waals surface area contributed by atoms with Gasteiger partial charge in [-0.15, -0.1) is 11.3 Å². The van der Waals surface area contributed by atoms with E-state index in [1.165, 1.54) is 10.1 Å².